The van der Waals surface area contributed by atoms with Crippen LogP contribution in [0.4, 0.5) is 0 Å². The van der Waals surface area contributed by atoms with Crippen molar-refractivity contribution in [3.8, 4) is 68.3 Å². The molecule has 18 aromatic rings. The monoisotopic (exact) mass is 1100 g/mol. The molecule has 0 fully saturated rings. The topological polar surface area (TPSA) is 111 Å². The number of fused-ring (bicyclic) bond motifs is 16. The zero-order valence-electron chi connectivity index (χ0n) is 45.8. The first kappa shape index (κ1) is 47.7. The molecule has 0 bridgehead atoms. The minimum Gasteiger partial charge on any atom is -0.400 e. The van der Waals surface area contributed by atoms with Gasteiger partial charge < -0.3 is 8.83 Å². The minimum atomic E-state index is 0.527. The molecule has 10 nitrogen and oxygen atoms in total. The van der Waals surface area contributed by atoms with Crippen LogP contribution in [0.5, 0.6) is 0 Å². The van der Waals surface area contributed by atoms with Gasteiger partial charge in [-0.3, -0.25) is 0 Å². The summed E-state index contributed by atoms with van der Waals surface area (Å²) in [5.41, 5.74) is 7.78. The van der Waals surface area contributed by atoms with Gasteiger partial charge in [-0.25, -0.2) is 29.9 Å². The molecule has 6 aromatic heterocycles. The molecule has 0 spiro atoms. The van der Waals surface area contributed by atoms with Gasteiger partial charge in [0.05, 0.1) is 0 Å². The Morgan fingerprint density at radius 1 is 0.233 bits per heavy atom. The number of furan rings is 2. The quantitative estimate of drug-likeness (QED) is 0.115. The summed E-state index contributed by atoms with van der Waals surface area (Å²) in [7, 11) is 0. The Labute approximate surface area is 489 Å². The number of pyridine rings is 2. The molecule has 0 atom stereocenters. The lowest BCUT2D eigenvalue weighted by Gasteiger charge is -2.14. The summed E-state index contributed by atoms with van der Waals surface area (Å²) in [5.74, 6) is 3.35. The van der Waals surface area contributed by atoms with E-state index in [1.54, 1.807) is 0 Å². The standard InChI is InChI=1S/C76H44N8O2/c1-3-20-47(21-4-1)69-77-71(58-29-13-28-53-55-38-36-45-18-7-10-25-50(45)54(55)40-41-56(53)58)81-72(78-69)59-30-14-34-64-67(59)61-32-16-42-83(75(61)85-64)84-43-17-33-62-68-60(31-15-35-65(68)86-76(62)84)73-79-70(48-22-5-2-6-23-48)80-74(82-73)63-44-49-24-9-12-27-52(49)66-51-26-11-8-19-46(51)37-39-57(63)66/h1-44H/q+2. The fourth-order valence-electron chi connectivity index (χ4n) is 13.0. The average Bonchev–Trinajstić information content (AvgIpc) is 1.47. The molecule has 0 aliphatic heterocycles. The van der Waals surface area contributed by atoms with E-state index in [1.165, 1.54) is 37.7 Å². The van der Waals surface area contributed by atoms with Crippen molar-refractivity contribution in [1.29, 1.82) is 0 Å². The van der Waals surface area contributed by atoms with Crippen LogP contribution in [-0.4, -0.2) is 29.9 Å². The van der Waals surface area contributed by atoms with E-state index in [9.17, 15) is 0 Å². The molecule has 0 amide bonds. The maximum atomic E-state index is 6.98. The Morgan fingerprint density at radius 3 is 1.23 bits per heavy atom. The van der Waals surface area contributed by atoms with Gasteiger partial charge in [0.25, 0.3) is 0 Å². The van der Waals surface area contributed by atoms with Crippen LogP contribution in [0.1, 0.15) is 0 Å². The third kappa shape index (κ3) is 7.39. The van der Waals surface area contributed by atoms with Crippen LogP contribution in [0.25, 0.3) is 177 Å². The van der Waals surface area contributed by atoms with Gasteiger partial charge >= 0.3 is 11.4 Å². The van der Waals surface area contributed by atoms with Gasteiger partial charge in [-0.05, 0) is 95.0 Å². The summed E-state index contributed by atoms with van der Waals surface area (Å²) < 4.78 is 17.9. The van der Waals surface area contributed by atoms with Crippen molar-refractivity contribution in [3.63, 3.8) is 0 Å². The first-order valence-corrected chi connectivity index (χ1v) is 28.7. The van der Waals surface area contributed by atoms with E-state index in [-0.39, 0.29) is 0 Å². The van der Waals surface area contributed by atoms with Crippen molar-refractivity contribution < 1.29 is 18.2 Å². The average molecular weight is 1100 g/mol. The zero-order valence-corrected chi connectivity index (χ0v) is 45.8. The highest BCUT2D eigenvalue weighted by Gasteiger charge is 2.33. The number of aromatic nitrogens is 8. The maximum absolute atomic E-state index is 6.98. The van der Waals surface area contributed by atoms with Crippen LogP contribution in [0.3, 0.4) is 0 Å². The molecule has 12 aromatic carbocycles. The highest BCUT2D eigenvalue weighted by atomic mass is 16.4. The number of benzene rings is 12. The Morgan fingerprint density at radius 2 is 0.628 bits per heavy atom. The Bertz CT molecular complexity index is 5850. The summed E-state index contributed by atoms with van der Waals surface area (Å²) in [5, 5.41) is 17.3. The number of hydrogen-bond donors (Lipinski definition) is 0. The van der Waals surface area contributed by atoms with Crippen LogP contribution in [0, 0.1) is 0 Å². The smallest absolute Gasteiger partial charge is 0.400 e. The summed E-state index contributed by atoms with van der Waals surface area (Å²) in [6, 6.07) is 88.1. The molecule has 0 unspecified atom stereocenters. The molecule has 398 valence electrons. The fourth-order valence-corrected chi connectivity index (χ4v) is 13.0. The van der Waals surface area contributed by atoms with E-state index in [0.717, 1.165) is 81.9 Å². The Balaban J connectivity index is 0.802. The number of nitrogens with zero attached hydrogens (tertiary/aromatic N) is 8. The van der Waals surface area contributed by atoms with Gasteiger partial charge in [-0.2, -0.15) is 0 Å². The van der Waals surface area contributed by atoms with Gasteiger partial charge in [0.1, 0.15) is 31.3 Å². The highest BCUT2D eigenvalue weighted by Crippen LogP contribution is 2.42. The van der Waals surface area contributed by atoms with Gasteiger partial charge in [-0.1, -0.05) is 212 Å². The first-order chi connectivity index (χ1) is 42.6. The lowest BCUT2D eigenvalue weighted by atomic mass is 9.92. The minimum absolute atomic E-state index is 0.527. The van der Waals surface area contributed by atoms with Crippen molar-refractivity contribution in [2.45, 2.75) is 0 Å². The third-order valence-electron chi connectivity index (χ3n) is 16.9. The molecule has 0 saturated carbocycles. The molecule has 86 heavy (non-hydrogen) atoms. The first-order valence-electron chi connectivity index (χ1n) is 28.7. The van der Waals surface area contributed by atoms with E-state index in [4.69, 9.17) is 38.7 Å². The van der Waals surface area contributed by atoms with Crippen molar-refractivity contribution >= 4 is 109 Å². The van der Waals surface area contributed by atoms with Crippen molar-refractivity contribution in [2.24, 2.45) is 0 Å². The van der Waals surface area contributed by atoms with Crippen LogP contribution < -0.4 is 9.35 Å². The predicted molar refractivity (Wildman–Crippen MR) is 343 cm³/mol. The van der Waals surface area contributed by atoms with E-state index in [1.807, 2.05) is 119 Å². The lowest BCUT2D eigenvalue weighted by Crippen LogP contribution is -2.66. The molecule has 0 radical (unpaired) electrons. The van der Waals surface area contributed by atoms with E-state index >= 15 is 0 Å². The van der Waals surface area contributed by atoms with Crippen molar-refractivity contribution in [1.82, 2.24) is 29.9 Å². The normalized spacial score (nSPS) is 12.0. The SMILES string of the molecule is c1ccc(-c2nc(-c3cccc4c3ccc3c5ccccc5ccc43)nc(-c3cccc4oc5c(ccc[n+]5-[n+]5cccc6c7c(-c8nc(-c9ccccc9)nc(-c9cc%10ccccc%10c%10c9ccc9ccccc9%10)n8)cccc7oc65)c34)n2)cc1. The largest absolute Gasteiger partial charge is 0.448 e. The van der Waals surface area contributed by atoms with Crippen LogP contribution in [0.15, 0.2) is 276 Å². The Kier molecular flexibility index (Phi) is 10.5. The molecule has 6 heterocycles. The molecule has 0 N–H and O–H groups in total. The van der Waals surface area contributed by atoms with Crippen molar-refractivity contribution in [3.05, 3.63) is 267 Å². The van der Waals surface area contributed by atoms with Crippen LogP contribution in [0.2, 0.25) is 0 Å². The van der Waals surface area contributed by atoms with Crippen molar-refractivity contribution in [2.75, 3.05) is 0 Å². The highest BCUT2D eigenvalue weighted by molar-refractivity contribution is 6.24. The van der Waals surface area contributed by atoms with Gasteiger partial charge in [0.15, 0.2) is 34.9 Å². The lowest BCUT2D eigenvalue weighted by molar-refractivity contribution is -1.28. The number of rotatable bonds is 7. The second kappa shape index (κ2) is 18.8. The molecular formula is C76H44N8O2+2. The predicted octanol–water partition coefficient (Wildman–Crippen LogP) is 17.7. The summed E-state index contributed by atoms with van der Waals surface area (Å²) in [6.07, 6.45) is 3.97. The van der Waals surface area contributed by atoms with E-state index in [0.29, 0.717) is 57.5 Å². The molecule has 0 aliphatic carbocycles. The zero-order chi connectivity index (χ0) is 56.4. The Hall–Kier alpha value is -11.9. The van der Waals surface area contributed by atoms with E-state index < -0.39 is 0 Å². The summed E-state index contributed by atoms with van der Waals surface area (Å²) in [6.45, 7) is 0. The summed E-state index contributed by atoms with van der Waals surface area (Å²) in [4.78, 5) is 31.8. The molecule has 18 rings (SSSR count). The third-order valence-corrected chi connectivity index (χ3v) is 16.9. The van der Waals surface area contributed by atoms with Gasteiger partial charge in [0, 0.05) is 56.3 Å². The molecule has 0 saturated heterocycles. The molecule has 0 aliphatic rings. The fraction of sp³-hybridized carbons (Fsp3) is 0. The van der Waals surface area contributed by atoms with Crippen LogP contribution in [-0.2, 0) is 0 Å². The summed E-state index contributed by atoms with van der Waals surface area (Å²) >= 11 is 0. The maximum Gasteiger partial charge on any atom is 0.448 e. The molecular weight excluding hydrogens is 1060 g/mol. The van der Waals surface area contributed by atoms with Crippen LogP contribution >= 0.6 is 0 Å². The second-order valence-corrected chi connectivity index (χ2v) is 21.8. The molecule has 10 heteroatoms. The second-order valence-electron chi connectivity index (χ2n) is 21.8. The number of hydrogen-bond acceptors (Lipinski definition) is 8. The van der Waals surface area contributed by atoms with E-state index in [2.05, 4.69) is 158 Å². The van der Waals surface area contributed by atoms with Gasteiger partial charge in [0.2, 0.25) is 12.4 Å². The van der Waals surface area contributed by atoms with Gasteiger partial charge in [-0.15, -0.1) is 0 Å².